The minimum Gasteiger partial charge on any atom is -0.368 e. The monoisotopic (exact) mass is 328 g/mol. The summed E-state index contributed by atoms with van der Waals surface area (Å²) in [5, 5.41) is 18.0. The quantitative estimate of drug-likeness (QED) is 0.287. The van der Waals surface area contributed by atoms with Gasteiger partial charge in [-0.25, -0.2) is 0 Å². The van der Waals surface area contributed by atoms with E-state index < -0.39 is 6.29 Å². The molecule has 0 saturated carbocycles. The van der Waals surface area contributed by atoms with Crippen LogP contribution < -0.4 is 0 Å². The molecule has 0 saturated heterocycles. The van der Waals surface area contributed by atoms with E-state index in [1.54, 1.807) is 0 Å². The highest BCUT2D eigenvalue weighted by Gasteiger charge is 2.22. The first kappa shape index (κ1) is 22.3. The van der Waals surface area contributed by atoms with Crippen LogP contribution in [0.5, 0.6) is 0 Å². The van der Waals surface area contributed by atoms with Gasteiger partial charge in [-0.1, -0.05) is 47.0 Å². The molecule has 23 heavy (non-hydrogen) atoms. The van der Waals surface area contributed by atoms with Crippen LogP contribution in [0.2, 0.25) is 0 Å². The van der Waals surface area contributed by atoms with Gasteiger partial charge in [0.15, 0.2) is 6.29 Å². The normalized spacial score (nSPS) is 12.7. The van der Waals surface area contributed by atoms with Crippen LogP contribution in [0.4, 0.5) is 0 Å². The number of hydrogen-bond donors (Lipinski definition) is 2. The van der Waals surface area contributed by atoms with Crippen LogP contribution in [0, 0.1) is 10.8 Å². The van der Waals surface area contributed by atoms with Crippen molar-refractivity contribution in [3.05, 3.63) is 0 Å². The number of ketones is 1. The number of carbonyl (C=O) groups is 2. The average Bonchev–Trinajstić information content (AvgIpc) is 2.39. The SMILES string of the molecule is CC(C)(CC=O)CCCCCCC(=O)CCC(C)(C)CC(O)O. The number of Topliss-reactive ketones (excluding diaryl/α,β-unsaturated/α-hetero) is 1. The summed E-state index contributed by atoms with van der Waals surface area (Å²) in [5.74, 6) is 0.270. The molecule has 0 heterocycles. The van der Waals surface area contributed by atoms with E-state index in [-0.39, 0.29) is 16.6 Å². The largest absolute Gasteiger partial charge is 0.368 e. The first-order valence-corrected chi connectivity index (χ1v) is 8.89. The summed E-state index contributed by atoms with van der Waals surface area (Å²) in [6.07, 6.45) is 7.70. The van der Waals surface area contributed by atoms with Crippen LogP contribution in [0.25, 0.3) is 0 Å². The molecule has 0 amide bonds. The second-order valence-corrected chi connectivity index (χ2v) is 8.34. The number of carbonyl (C=O) groups excluding carboxylic acids is 2. The van der Waals surface area contributed by atoms with Gasteiger partial charge in [0.25, 0.3) is 0 Å². The summed E-state index contributed by atoms with van der Waals surface area (Å²) in [7, 11) is 0. The molecule has 0 unspecified atom stereocenters. The topological polar surface area (TPSA) is 74.6 Å². The molecule has 0 aliphatic rings. The molecule has 0 radical (unpaired) electrons. The van der Waals surface area contributed by atoms with Crippen LogP contribution >= 0.6 is 0 Å². The van der Waals surface area contributed by atoms with Gasteiger partial charge in [0.2, 0.25) is 0 Å². The van der Waals surface area contributed by atoms with Crippen LogP contribution in [0.3, 0.4) is 0 Å². The Kier molecular flexibility index (Phi) is 10.6. The van der Waals surface area contributed by atoms with E-state index in [2.05, 4.69) is 13.8 Å². The van der Waals surface area contributed by atoms with Crippen LogP contribution in [-0.2, 0) is 9.59 Å². The van der Waals surface area contributed by atoms with Gasteiger partial charge in [-0.15, -0.1) is 0 Å². The van der Waals surface area contributed by atoms with Gasteiger partial charge in [-0.05, 0) is 30.1 Å². The van der Waals surface area contributed by atoms with Crippen LogP contribution in [0.15, 0.2) is 0 Å². The van der Waals surface area contributed by atoms with Gasteiger partial charge in [-0.2, -0.15) is 0 Å². The van der Waals surface area contributed by atoms with E-state index in [1.807, 2.05) is 13.8 Å². The zero-order valence-corrected chi connectivity index (χ0v) is 15.4. The fraction of sp³-hybridized carbons (Fsp3) is 0.895. The van der Waals surface area contributed by atoms with E-state index in [0.717, 1.165) is 38.4 Å². The molecule has 0 spiro atoms. The molecule has 4 heteroatoms. The Morgan fingerprint density at radius 2 is 1.52 bits per heavy atom. The minimum atomic E-state index is -1.30. The zero-order valence-electron chi connectivity index (χ0n) is 15.4. The third kappa shape index (κ3) is 13.4. The maximum atomic E-state index is 11.9. The Hall–Kier alpha value is -0.740. The maximum Gasteiger partial charge on any atom is 0.151 e. The summed E-state index contributed by atoms with van der Waals surface area (Å²) in [5.41, 5.74) is -0.117. The number of hydrogen-bond acceptors (Lipinski definition) is 4. The molecule has 0 aliphatic carbocycles. The Balaban J connectivity index is 3.70. The molecule has 0 aromatic heterocycles. The van der Waals surface area contributed by atoms with E-state index >= 15 is 0 Å². The van der Waals surface area contributed by atoms with Crippen molar-refractivity contribution in [2.45, 2.75) is 98.2 Å². The number of rotatable bonds is 14. The van der Waals surface area contributed by atoms with Crippen molar-refractivity contribution in [2.75, 3.05) is 0 Å². The third-order valence-electron chi connectivity index (χ3n) is 4.51. The molecule has 0 bridgehead atoms. The fourth-order valence-corrected chi connectivity index (χ4v) is 2.81. The number of unbranched alkanes of at least 4 members (excludes halogenated alkanes) is 3. The van der Waals surface area contributed by atoms with Gasteiger partial charge < -0.3 is 15.0 Å². The Labute approximate surface area is 141 Å². The molecule has 0 aromatic rings. The van der Waals surface area contributed by atoms with Gasteiger partial charge in [0.1, 0.15) is 12.1 Å². The Bertz CT molecular complexity index is 345. The number of aliphatic hydroxyl groups is 2. The van der Waals surface area contributed by atoms with Gasteiger partial charge in [-0.3, -0.25) is 4.79 Å². The zero-order chi connectivity index (χ0) is 17.9. The molecule has 0 atom stereocenters. The molecule has 0 aliphatic heterocycles. The smallest absolute Gasteiger partial charge is 0.151 e. The predicted octanol–water partition coefficient (Wildman–Crippen LogP) is 4.02. The highest BCUT2D eigenvalue weighted by molar-refractivity contribution is 5.78. The summed E-state index contributed by atoms with van der Waals surface area (Å²) in [6, 6.07) is 0. The number of aliphatic hydroxyl groups excluding tert-OH is 1. The highest BCUT2D eigenvalue weighted by atomic mass is 16.5. The Morgan fingerprint density at radius 3 is 2.09 bits per heavy atom. The molecule has 0 fully saturated rings. The summed E-state index contributed by atoms with van der Waals surface area (Å²) >= 11 is 0. The lowest BCUT2D eigenvalue weighted by atomic mass is 9.83. The fourth-order valence-electron chi connectivity index (χ4n) is 2.81. The van der Waals surface area contributed by atoms with Crippen molar-refractivity contribution in [3.8, 4) is 0 Å². The third-order valence-corrected chi connectivity index (χ3v) is 4.51. The first-order valence-electron chi connectivity index (χ1n) is 8.89. The molecular weight excluding hydrogens is 292 g/mol. The second-order valence-electron chi connectivity index (χ2n) is 8.34. The molecule has 2 N–H and O–H groups in total. The second kappa shape index (κ2) is 10.9. The lowest BCUT2D eigenvalue weighted by molar-refractivity contribution is -0.120. The lowest BCUT2D eigenvalue weighted by Crippen LogP contribution is -2.21. The van der Waals surface area contributed by atoms with E-state index in [4.69, 9.17) is 10.2 Å². The Morgan fingerprint density at radius 1 is 0.913 bits per heavy atom. The van der Waals surface area contributed by atoms with E-state index in [1.165, 1.54) is 0 Å². The maximum absolute atomic E-state index is 11.9. The van der Waals surface area contributed by atoms with Crippen molar-refractivity contribution in [1.29, 1.82) is 0 Å². The molecular formula is C19H36O4. The van der Waals surface area contributed by atoms with E-state index in [9.17, 15) is 9.59 Å². The van der Waals surface area contributed by atoms with Crippen molar-refractivity contribution < 1.29 is 19.8 Å². The van der Waals surface area contributed by atoms with E-state index in [0.29, 0.717) is 32.1 Å². The molecule has 4 nitrogen and oxygen atoms in total. The van der Waals surface area contributed by atoms with Crippen LogP contribution in [0.1, 0.15) is 91.9 Å². The van der Waals surface area contributed by atoms with Gasteiger partial charge >= 0.3 is 0 Å². The highest BCUT2D eigenvalue weighted by Crippen LogP contribution is 2.29. The lowest BCUT2D eigenvalue weighted by Gasteiger charge is -2.25. The standard InChI is InChI=1S/C19H36O4/c1-18(2,13-14-20)11-8-6-5-7-9-16(21)10-12-19(3,4)15-17(22)23/h14,17,22-23H,5-13,15H2,1-4H3. The summed E-state index contributed by atoms with van der Waals surface area (Å²) in [4.78, 5) is 22.4. The summed E-state index contributed by atoms with van der Waals surface area (Å²) < 4.78 is 0. The minimum absolute atomic E-state index is 0.0976. The van der Waals surface area contributed by atoms with Crippen molar-refractivity contribution in [1.82, 2.24) is 0 Å². The van der Waals surface area contributed by atoms with Crippen molar-refractivity contribution >= 4 is 12.1 Å². The van der Waals surface area contributed by atoms with Crippen molar-refractivity contribution in [2.24, 2.45) is 10.8 Å². The molecule has 136 valence electrons. The molecule has 0 aromatic carbocycles. The predicted molar refractivity (Wildman–Crippen MR) is 93.0 cm³/mol. The van der Waals surface area contributed by atoms with Crippen LogP contribution in [-0.4, -0.2) is 28.6 Å². The van der Waals surface area contributed by atoms with Gasteiger partial charge in [0.05, 0.1) is 0 Å². The summed E-state index contributed by atoms with van der Waals surface area (Å²) in [6.45, 7) is 8.16. The first-order chi connectivity index (χ1) is 10.6. The number of aldehydes is 1. The average molecular weight is 328 g/mol. The van der Waals surface area contributed by atoms with Crippen molar-refractivity contribution in [3.63, 3.8) is 0 Å². The molecule has 0 rings (SSSR count). The van der Waals surface area contributed by atoms with Gasteiger partial charge in [0, 0.05) is 25.7 Å².